The van der Waals surface area contributed by atoms with Gasteiger partial charge in [0.1, 0.15) is 5.69 Å². The lowest BCUT2D eigenvalue weighted by Crippen LogP contribution is -2.37. The van der Waals surface area contributed by atoms with Crippen molar-refractivity contribution < 1.29 is 19.1 Å². The number of amides is 1. The summed E-state index contributed by atoms with van der Waals surface area (Å²) in [7, 11) is 3.06. The first-order valence-corrected chi connectivity index (χ1v) is 8.39. The molecule has 1 fully saturated rings. The Bertz CT molecular complexity index is 671. The van der Waals surface area contributed by atoms with Gasteiger partial charge in [0.15, 0.2) is 5.78 Å². The molecule has 1 heterocycles. The van der Waals surface area contributed by atoms with Crippen LogP contribution in [0.3, 0.4) is 0 Å². The maximum Gasteiger partial charge on any atom is 0.354 e. The summed E-state index contributed by atoms with van der Waals surface area (Å²) >= 11 is 0. The monoisotopic (exact) mass is 334 g/mol. The molecule has 6 nitrogen and oxygen atoms in total. The van der Waals surface area contributed by atoms with Crippen LogP contribution >= 0.6 is 0 Å². The minimum Gasteiger partial charge on any atom is -0.464 e. The van der Waals surface area contributed by atoms with Crippen LogP contribution < -0.4 is 0 Å². The van der Waals surface area contributed by atoms with E-state index < -0.39 is 5.97 Å². The number of carbonyl (C=O) groups is 3. The Kier molecular flexibility index (Phi) is 5.47. The third kappa shape index (κ3) is 3.37. The van der Waals surface area contributed by atoms with Gasteiger partial charge < -0.3 is 14.2 Å². The summed E-state index contributed by atoms with van der Waals surface area (Å²) in [6, 6.07) is 0. The molecule has 0 radical (unpaired) electrons. The quantitative estimate of drug-likeness (QED) is 0.566. The number of aromatic nitrogens is 1. The van der Waals surface area contributed by atoms with Gasteiger partial charge >= 0.3 is 5.97 Å². The van der Waals surface area contributed by atoms with E-state index in [1.807, 2.05) is 6.92 Å². The first kappa shape index (κ1) is 18.2. The molecule has 0 atom stereocenters. The third-order valence-electron chi connectivity index (χ3n) is 4.65. The summed E-state index contributed by atoms with van der Waals surface area (Å²) in [6.45, 7) is 6.19. The number of Topliss-reactive ketones (excluding diaryl/α,β-unsaturated/α-hetero) is 1. The first-order chi connectivity index (χ1) is 11.3. The molecular weight excluding hydrogens is 308 g/mol. The van der Waals surface area contributed by atoms with E-state index in [-0.39, 0.29) is 24.2 Å². The smallest absolute Gasteiger partial charge is 0.354 e. The van der Waals surface area contributed by atoms with Crippen LogP contribution in [0.25, 0.3) is 0 Å². The zero-order chi connectivity index (χ0) is 18.0. The van der Waals surface area contributed by atoms with E-state index in [2.05, 4.69) is 0 Å². The second-order valence-corrected chi connectivity index (χ2v) is 6.44. The number of ether oxygens (including phenoxy) is 1. The van der Waals surface area contributed by atoms with Gasteiger partial charge in [0.25, 0.3) is 0 Å². The summed E-state index contributed by atoms with van der Waals surface area (Å²) in [4.78, 5) is 38.8. The molecule has 1 aromatic heterocycles. The highest BCUT2D eigenvalue weighted by molar-refractivity contribution is 6.04. The molecule has 1 aliphatic carbocycles. The van der Waals surface area contributed by atoms with Crippen molar-refractivity contribution in [2.45, 2.75) is 40.0 Å². The predicted molar refractivity (Wildman–Crippen MR) is 90.2 cm³/mol. The highest BCUT2D eigenvalue weighted by Gasteiger charge is 2.34. The lowest BCUT2D eigenvalue weighted by atomic mass is 10.0. The van der Waals surface area contributed by atoms with E-state index in [1.165, 1.54) is 7.11 Å². The molecule has 1 amide bonds. The molecule has 2 rings (SSSR count). The van der Waals surface area contributed by atoms with Gasteiger partial charge in [-0.1, -0.05) is 6.92 Å². The van der Waals surface area contributed by atoms with Gasteiger partial charge in [-0.3, -0.25) is 9.59 Å². The first-order valence-electron chi connectivity index (χ1n) is 8.39. The Morgan fingerprint density at radius 2 is 1.88 bits per heavy atom. The number of hydrogen-bond acceptors (Lipinski definition) is 4. The molecule has 6 heteroatoms. The zero-order valence-electron chi connectivity index (χ0n) is 15.1. The van der Waals surface area contributed by atoms with Crippen LogP contribution in [0.5, 0.6) is 0 Å². The molecule has 0 aliphatic heterocycles. The van der Waals surface area contributed by atoms with Crippen molar-refractivity contribution >= 4 is 17.7 Å². The maximum atomic E-state index is 12.8. The Morgan fingerprint density at radius 1 is 1.25 bits per heavy atom. The molecule has 0 spiro atoms. The Hall–Kier alpha value is -2.11. The number of ketones is 1. The minimum absolute atomic E-state index is 0.0650. The van der Waals surface area contributed by atoms with Crippen LogP contribution in [-0.2, 0) is 16.6 Å². The van der Waals surface area contributed by atoms with Gasteiger partial charge in [-0.2, -0.15) is 0 Å². The van der Waals surface area contributed by atoms with Gasteiger partial charge in [0, 0.05) is 30.8 Å². The van der Waals surface area contributed by atoms with Crippen molar-refractivity contribution in [3.05, 3.63) is 22.5 Å². The van der Waals surface area contributed by atoms with Gasteiger partial charge in [-0.05, 0) is 38.7 Å². The van der Waals surface area contributed by atoms with Crippen LogP contribution in [-0.4, -0.2) is 47.3 Å². The molecule has 0 N–H and O–H groups in total. The summed E-state index contributed by atoms with van der Waals surface area (Å²) in [6.07, 6.45) is 2.65. The fraction of sp³-hybridized carbons (Fsp3) is 0.611. The lowest BCUT2D eigenvalue weighted by Gasteiger charge is -2.21. The van der Waals surface area contributed by atoms with Crippen molar-refractivity contribution in [2.24, 2.45) is 13.0 Å². The van der Waals surface area contributed by atoms with Crippen LogP contribution in [0.4, 0.5) is 0 Å². The van der Waals surface area contributed by atoms with E-state index >= 15 is 0 Å². The number of esters is 1. The van der Waals surface area contributed by atoms with Crippen LogP contribution in [0.2, 0.25) is 0 Å². The Morgan fingerprint density at radius 3 is 2.38 bits per heavy atom. The van der Waals surface area contributed by atoms with E-state index in [0.29, 0.717) is 29.1 Å². The molecule has 132 valence electrons. The largest absolute Gasteiger partial charge is 0.464 e. The lowest BCUT2D eigenvalue weighted by molar-refractivity contribution is -0.132. The SMILES string of the molecule is CCCN(CC(=O)c1c(C)c(C(=O)OC)n(C)c1C)C(=O)C1CC1. The molecule has 0 unspecified atom stereocenters. The van der Waals surface area contributed by atoms with Gasteiger partial charge in [-0.15, -0.1) is 0 Å². The Balaban J connectivity index is 2.28. The van der Waals surface area contributed by atoms with Crippen molar-refractivity contribution in [1.82, 2.24) is 9.47 Å². The molecule has 1 aromatic rings. The van der Waals surface area contributed by atoms with E-state index in [4.69, 9.17) is 4.74 Å². The molecule has 24 heavy (non-hydrogen) atoms. The molecular formula is C18H26N2O4. The van der Waals surface area contributed by atoms with Crippen LogP contribution in [0, 0.1) is 19.8 Å². The van der Waals surface area contributed by atoms with Crippen molar-refractivity contribution in [1.29, 1.82) is 0 Å². The molecule has 0 saturated heterocycles. The fourth-order valence-electron chi connectivity index (χ4n) is 3.15. The Labute approximate surface area is 142 Å². The number of nitrogens with zero attached hydrogens (tertiary/aromatic N) is 2. The van der Waals surface area contributed by atoms with E-state index in [1.54, 1.807) is 30.4 Å². The molecule has 0 bridgehead atoms. The topological polar surface area (TPSA) is 68.6 Å². The minimum atomic E-state index is -0.461. The van der Waals surface area contributed by atoms with E-state index in [9.17, 15) is 14.4 Å². The van der Waals surface area contributed by atoms with Crippen LogP contribution in [0.15, 0.2) is 0 Å². The normalized spacial score (nSPS) is 13.7. The average molecular weight is 334 g/mol. The van der Waals surface area contributed by atoms with Crippen molar-refractivity contribution in [3.8, 4) is 0 Å². The number of hydrogen-bond donors (Lipinski definition) is 0. The fourth-order valence-corrected chi connectivity index (χ4v) is 3.15. The summed E-state index contributed by atoms with van der Waals surface area (Å²) in [5.41, 5.74) is 2.23. The number of rotatable bonds is 7. The zero-order valence-corrected chi connectivity index (χ0v) is 15.1. The van der Waals surface area contributed by atoms with Gasteiger partial charge in [0.2, 0.25) is 5.91 Å². The second kappa shape index (κ2) is 7.20. The second-order valence-electron chi connectivity index (χ2n) is 6.44. The van der Waals surface area contributed by atoms with Crippen LogP contribution in [0.1, 0.15) is 58.3 Å². The van der Waals surface area contributed by atoms with E-state index in [0.717, 1.165) is 19.3 Å². The molecule has 0 aromatic carbocycles. The average Bonchev–Trinajstić information content (AvgIpc) is 3.35. The maximum absolute atomic E-state index is 12.8. The molecule has 1 aliphatic rings. The van der Waals surface area contributed by atoms with Crippen molar-refractivity contribution in [3.63, 3.8) is 0 Å². The number of carbonyl (C=O) groups excluding carboxylic acids is 3. The summed E-state index contributed by atoms with van der Waals surface area (Å²) < 4.78 is 6.49. The van der Waals surface area contributed by atoms with Gasteiger partial charge in [-0.25, -0.2) is 4.79 Å². The standard InChI is InChI=1S/C18H26N2O4/c1-6-9-20(17(22)13-7-8-13)10-14(21)15-11(2)16(18(23)24-5)19(4)12(15)3/h13H,6-10H2,1-5H3. The van der Waals surface area contributed by atoms with Crippen molar-refractivity contribution in [2.75, 3.05) is 20.2 Å². The summed E-state index contributed by atoms with van der Waals surface area (Å²) in [5.74, 6) is -0.424. The number of methoxy groups -OCH3 is 1. The van der Waals surface area contributed by atoms with Gasteiger partial charge in [0.05, 0.1) is 13.7 Å². The summed E-state index contributed by atoms with van der Waals surface area (Å²) in [5, 5.41) is 0. The third-order valence-corrected chi connectivity index (χ3v) is 4.65. The molecule has 1 saturated carbocycles. The highest BCUT2D eigenvalue weighted by Crippen LogP contribution is 2.31. The predicted octanol–water partition coefficient (Wildman–Crippen LogP) is 2.26. The highest BCUT2D eigenvalue weighted by atomic mass is 16.5.